The number of primary sulfonamides is 1. The minimum atomic E-state index is -3.64. The summed E-state index contributed by atoms with van der Waals surface area (Å²) in [5, 5.41) is 7.97. The first-order chi connectivity index (χ1) is 9.97. The molecule has 1 aliphatic carbocycles. The van der Waals surface area contributed by atoms with Crippen LogP contribution in [0, 0.1) is 5.92 Å². The summed E-state index contributed by atoms with van der Waals surface area (Å²) >= 11 is 0. The number of rotatable bonds is 5. The molecule has 0 aliphatic heterocycles. The zero-order valence-electron chi connectivity index (χ0n) is 11.8. The molecule has 21 heavy (non-hydrogen) atoms. The summed E-state index contributed by atoms with van der Waals surface area (Å²) in [5.74, 6) is 0.181. The van der Waals surface area contributed by atoms with E-state index in [1.54, 1.807) is 12.1 Å². The van der Waals surface area contributed by atoms with Crippen molar-refractivity contribution in [1.29, 1.82) is 0 Å². The number of amides is 1. The first kappa shape index (κ1) is 15.7. The average Bonchev–Trinajstić information content (AvgIpc) is 2.47. The standard InChI is InChI=1S/C15H20N2O3S/c16-21(19,20)14-8-6-12(7-9-14)10-11-17-15(18)13-4-2-1-3-5-13/h1-2,6-9,13H,3-5,10-11H2,(H,17,18)(H2,16,19,20)/t13-/m0/s1. The molecule has 0 spiro atoms. The molecule has 1 amide bonds. The SMILES string of the molecule is NS(=O)(=O)c1ccc(CCNC(=O)[C@H]2CC=CCC2)cc1. The highest BCUT2D eigenvalue weighted by molar-refractivity contribution is 7.89. The van der Waals surface area contributed by atoms with Crippen LogP contribution in [0.5, 0.6) is 0 Å². The Labute approximate surface area is 125 Å². The lowest BCUT2D eigenvalue weighted by Crippen LogP contribution is -2.32. The molecule has 1 aromatic rings. The van der Waals surface area contributed by atoms with E-state index < -0.39 is 10.0 Å². The van der Waals surface area contributed by atoms with E-state index in [-0.39, 0.29) is 16.7 Å². The molecule has 1 atom stereocenters. The third-order valence-electron chi connectivity index (χ3n) is 3.60. The van der Waals surface area contributed by atoms with Crippen molar-refractivity contribution in [2.24, 2.45) is 11.1 Å². The smallest absolute Gasteiger partial charge is 0.238 e. The molecule has 114 valence electrons. The summed E-state index contributed by atoms with van der Waals surface area (Å²) in [6, 6.07) is 6.40. The number of sulfonamides is 1. The number of benzene rings is 1. The van der Waals surface area contributed by atoms with Crippen molar-refractivity contribution in [3.8, 4) is 0 Å². The summed E-state index contributed by atoms with van der Waals surface area (Å²) in [6.07, 6.45) is 7.52. The lowest BCUT2D eigenvalue weighted by Gasteiger charge is -2.17. The molecule has 5 nitrogen and oxygen atoms in total. The Morgan fingerprint density at radius 1 is 1.24 bits per heavy atom. The van der Waals surface area contributed by atoms with Crippen LogP contribution < -0.4 is 10.5 Å². The van der Waals surface area contributed by atoms with Crippen molar-refractivity contribution in [3.63, 3.8) is 0 Å². The molecule has 3 N–H and O–H groups in total. The highest BCUT2D eigenvalue weighted by Gasteiger charge is 2.17. The normalized spacial score (nSPS) is 18.4. The maximum Gasteiger partial charge on any atom is 0.238 e. The molecule has 1 aromatic carbocycles. The van der Waals surface area contributed by atoms with Gasteiger partial charge >= 0.3 is 0 Å². The molecule has 0 fully saturated rings. The van der Waals surface area contributed by atoms with Gasteiger partial charge in [-0.05, 0) is 43.4 Å². The number of carbonyl (C=O) groups excluding carboxylic acids is 1. The number of allylic oxidation sites excluding steroid dienone is 2. The molecule has 0 saturated heterocycles. The van der Waals surface area contributed by atoms with Gasteiger partial charge in [-0.1, -0.05) is 24.3 Å². The molecule has 2 rings (SSSR count). The maximum absolute atomic E-state index is 11.9. The van der Waals surface area contributed by atoms with Gasteiger partial charge in [0.15, 0.2) is 0 Å². The second kappa shape index (κ2) is 6.87. The molecule has 1 aliphatic rings. The first-order valence-corrected chi connectivity index (χ1v) is 8.56. The number of carbonyl (C=O) groups is 1. The molecular weight excluding hydrogens is 288 g/mol. The minimum Gasteiger partial charge on any atom is -0.356 e. The zero-order valence-corrected chi connectivity index (χ0v) is 12.6. The van der Waals surface area contributed by atoms with Gasteiger partial charge < -0.3 is 5.32 Å². The predicted octanol–water partition coefficient (Wildman–Crippen LogP) is 1.35. The van der Waals surface area contributed by atoms with E-state index >= 15 is 0 Å². The fourth-order valence-corrected chi connectivity index (χ4v) is 2.87. The van der Waals surface area contributed by atoms with Crippen LogP contribution >= 0.6 is 0 Å². The molecule has 0 unspecified atom stereocenters. The van der Waals surface area contributed by atoms with Crippen LogP contribution in [0.1, 0.15) is 24.8 Å². The molecule has 0 aromatic heterocycles. The summed E-state index contributed by atoms with van der Waals surface area (Å²) in [6.45, 7) is 0.549. The fraction of sp³-hybridized carbons (Fsp3) is 0.400. The van der Waals surface area contributed by atoms with Gasteiger partial charge in [0.25, 0.3) is 0 Å². The van der Waals surface area contributed by atoms with Crippen LogP contribution in [0.2, 0.25) is 0 Å². The summed E-state index contributed by atoms with van der Waals surface area (Å²) < 4.78 is 22.3. The Balaban J connectivity index is 1.80. The predicted molar refractivity (Wildman–Crippen MR) is 81.0 cm³/mol. The van der Waals surface area contributed by atoms with Crippen molar-refractivity contribution in [2.75, 3.05) is 6.54 Å². The van der Waals surface area contributed by atoms with Gasteiger partial charge in [0.2, 0.25) is 15.9 Å². The Hall–Kier alpha value is -1.66. The lowest BCUT2D eigenvalue weighted by atomic mass is 9.93. The summed E-state index contributed by atoms with van der Waals surface area (Å²) in [7, 11) is -3.64. The van der Waals surface area contributed by atoms with Gasteiger partial charge in [0, 0.05) is 12.5 Å². The number of hydrogen-bond donors (Lipinski definition) is 2. The molecule has 0 saturated carbocycles. The van der Waals surface area contributed by atoms with Gasteiger partial charge in [-0.2, -0.15) is 0 Å². The average molecular weight is 308 g/mol. The second-order valence-corrected chi connectivity index (χ2v) is 6.77. The molecule has 0 bridgehead atoms. The third-order valence-corrected chi connectivity index (χ3v) is 4.53. The van der Waals surface area contributed by atoms with Crippen LogP contribution in [-0.4, -0.2) is 20.9 Å². The van der Waals surface area contributed by atoms with Crippen LogP contribution in [-0.2, 0) is 21.2 Å². The van der Waals surface area contributed by atoms with E-state index in [2.05, 4.69) is 17.5 Å². The van der Waals surface area contributed by atoms with E-state index in [1.165, 1.54) is 12.1 Å². The van der Waals surface area contributed by atoms with Gasteiger partial charge in [0.1, 0.15) is 0 Å². The largest absolute Gasteiger partial charge is 0.356 e. The number of hydrogen-bond acceptors (Lipinski definition) is 3. The van der Waals surface area contributed by atoms with Crippen molar-refractivity contribution >= 4 is 15.9 Å². The Morgan fingerprint density at radius 2 is 1.95 bits per heavy atom. The lowest BCUT2D eigenvalue weighted by molar-refractivity contribution is -0.125. The van der Waals surface area contributed by atoms with Crippen LogP contribution in [0.4, 0.5) is 0 Å². The topological polar surface area (TPSA) is 89.3 Å². The van der Waals surface area contributed by atoms with Gasteiger partial charge in [0.05, 0.1) is 4.90 Å². The van der Waals surface area contributed by atoms with Gasteiger partial charge in [-0.3, -0.25) is 4.79 Å². The highest BCUT2D eigenvalue weighted by atomic mass is 32.2. The highest BCUT2D eigenvalue weighted by Crippen LogP contribution is 2.18. The quantitative estimate of drug-likeness (QED) is 0.805. The van der Waals surface area contributed by atoms with E-state index in [0.29, 0.717) is 13.0 Å². The van der Waals surface area contributed by atoms with E-state index in [9.17, 15) is 13.2 Å². The van der Waals surface area contributed by atoms with E-state index in [4.69, 9.17) is 5.14 Å². The van der Waals surface area contributed by atoms with E-state index in [0.717, 1.165) is 24.8 Å². The molecule has 0 heterocycles. The Kier molecular flexibility index (Phi) is 5.14. The molecular formula is C15H20N2O3S. The summed E-state index contributed by atoms with van der Waals surface area (Å²) in [4.78, 5) is 12.0. The van der Waals surface area contributed by atoms with Crippen LogP contribution in [0.3, 0.4) is 0 Å². The summed E-state index contributed by atoms with van der Waals surface area (Å²) in [5.41, 5.74) is 0.964. The third kappa shape index (κ3) is 4.68. The Bertz CT molecular complexity index is 621. The minimum absolute atomic E-state index is 0.0831. The van der Waals surface area contributed by atoms with Gasteiger partial charge in [-0.25, -0.2) is 13.6 Å². The Morgan fingerprint density at radius 3 is 2.52 bits per heavy atom. The second-order valence-electron chi connectivity index (χ2n) is 5.21. The number of nitrogens with two attached hydrogens (primary N) is 1. The number of nitrogens with one attached hydrogen (secondary N) is 1. The van der Waals surface area contributed by atoms with Crippen molar-refractivity contribution in [1.82, 2.24) is 5.32 Å². The van der Waals surface area contributed by atoms with Crippen molar-refractivity contribution in [2.45, 2.75) is 30.6 Å². The maximum atomic E-state index is 11.9. The van der Waals surface area contributed by atoms with Gasteiger partial charge in [-0.15, -0.1) is 0 Å². The van der Waals surface area contributed by atoms with E-state index in [1.807, 2.05) is 0 Å². The first-order valence-electron chi connectivity index (χ1n) is 7.01. The molecule has 6 heteroatoms. The monoisotopic (exact) mass is 308 g/mol. The molecule has 0 radical (unpaired) electrons. The van der Waals surface area contributed by atoms with Crippen LogP contribution in [0.15, 0.2) is 41.3 Å². The van der Waals surface area contributed by atoms with Crippen molar-refractivity contribution < 1.29 is 13.2 Å². The van der Waals surface area contributed by atoms with Crippen molar-refractivity contribution in [3.05, 3.63) is 42.0 Å². The van der Waals surface area contributed by atoms with Crippen LogP contribution in [0.25, 0.3) is 0 Å². The zero-order chi connectivity index (χ0) is 15.3. The fourth-order valence-electron chi connectivity index (χ4n) is 2.35.